The van der Waals surface area contributed by atoms with Gasteiger partial charge in [-0.1, -0.05) is 60.3 Å². The predicted octanol–water partition coefficient (Wildman–Crippen LogP) is 6.97. The number of hydrogen-bond donors (Lipinski definition) is 2. The Labute approximate surface area is 276 Å². The first-order valence-electron chi connectivity index (χ1n) is 14.9. The van der Waals surface area contributed by atoms with E-state index in [9.17, 15) is 18.8 Å². The second-order valence-corrected chi connectivity index (χ2v) is 12.7. The molecule has 2 atom stereocenters. The number of amidine groups is 1. The lowest BCUT2D eigenvalue weighted by Crippen LogP contribution is -2.48. The van der Waals surface area contributed by atoms with Gasteiger partial charge in [0, 0.05) is 5.69 Å². The summed E-state index contributed by atoms with van der Waals surface area (Å²) < 4.78 is 30.4. The highest BCUT2D eigenvalue weighted by molar-refractivity contribution is 8.15. The van der Waals surface area contributed by atoms with E-state index in [0.29, 0.717) is 27.9 Å². The number of aliphatic imine (C=N–C) groups is 1. The van der Waals surface area contributed by atoms with Crippen molar-refractivity contribution in [3.05, 3.63) is 120 Å². The topological polar surface area (TPSA) is 122 Å². The van der Waals surface area contributed by atoms with E-state index in [0.717, 1.165) is 5.56 Å². The number of nitrogens with zero attached hydrogens (tertiary/aromatic N) is 2. The number of ether oxygens (including phenoxy) is 2. The Morgan fingerprint density at radius 1 is 1.02 bits per heavy atom. The number of carbonyl (C=O) groups is 3. The second kappa shape index (κ2) is 15.1. The summed E-state index contributed by atoms with van der Waals surface area (Å²) in [6.07, 6.45) is 0.772. The average molecular weight is 659 g/mol. The lowest BCUT2D eigenvalue weighted by molar-refractivity contribution is -0.127. The van der Waals surface area contributed by atoms with Crippen molar-refractivity contribution in [2.24, 2.45) is 4.99 Å². The Hall–Kier alpha value is -4.94. The van der Waals surface area contributed by atoms with Crippen molar-refractivity contribution < 1.29 is 32.7 Å². The molecule has 0 saturated carbocycles. The summed E-state index contributed by atoms with van der Waals surface area (Å²) in [6.45, 7) is 5.67. The summed E-state index contributed by atoms with van der Waals surface area (Å²) in [4.78, 5) is 45.6. The highest BCUT2D eigenvalue weighted by atomic mass is 32.2. The number of hydrogen-bond acceptors (Lipinski definition) is 8. The highest BCUT2D eigenvalue weighted by Crippen LogP contribution is 2.41. The summed E-state index contributed by atoms with van der Waals surface area (Å²) in [5.74, 6) is -0.568. The Morgan fingerprint density at radius 2 is 1.79 bits per heavy atom. The number of amides is 3. The van der Waals surface area contributed by atoms with Crippen LogP contribution in [-0.2, 0) is 32.2 Å². The number of nitrogens with one attached hydrogen (secondary N) is 2. The van der Waals surface area contributed by atoms with Crippen LogP contribution in [0, 0.1) is 5.82 Å². The van der Waals surface area contributed by atoms with E-state index in [-0.39, 0.29) is 25.7 Å². The van der Waals surface area contributed by atoms with Crippen molar-refractivity contribution in [3.8, 4) is 0 Å². The Kier molecular flexibility index (Phi) is 10.7. The van der Waals surface area contributed by atoms with Gasteiger partial charge in [0.25, 0.3) is 0 Å². The molecule has 0 aliphatic carbocycles. The number of halogens is 1. The molecule has 1 aliphatic heterocycles. The normalized spacial score (nSPS) is 16.3. The molecule has 12 heteroatoms. The number of benzene rings is 3. The monoisotopic (exact) mass is 658 g/mol. The number of furan rings is 1. The molecule has 3 amide bonds. The van der Waals surface area contributed by atoms with E-state index >= 15 is 0 Å². The quantitative estimate of drug-likeness (QED) is 0.178. The molecule has 1 saturated heterocycles. The molecule has 5 rings (SSSR count). The first kappa shape index (κ1) is 33.4. The Balaban J connectivity index is 1.27. The summed E-state index contributed by atoms with van der Waals surface area (Å²) in [5, 5.41) is 5.19. The van der Waals surface area contributed by atoms with E-state index in [4.69, 9.17) is 13.9 Å². The molecule has 1 aromatic heterocycles. The van der Waals surface area contributed by atoms with Crippen LogP contribution in [0.2, 0.25) is 0 Å². The van der Waals surface area contributed by atoms with Crippen molar-refractivity contribution in [2.75, 3.05) is 11.9 Å². The molecule has 2 N–H and O–H groups in total. The van der Waals surface area contributed by atoms with Crippen molar-refractivity contribution in [1.82, 2.24) is 10.2 Å². The van der Waals surface area contributed by atoms with Gasteiger partial charge in [0.05, 0.1) is 30.7 Å². The first-order chi connectivity index (χ1) is 22.5. The minimum absolute atomic E-state index is 0.0497. The Morgan fingerprint density at radius 3 is 2.47 bits per heavy atom. The third-order valence-electron chi connectivity index (χ3n) is 6.86. The van der Waals surface area contributed by atoms with Gasteiger partial charge in [-0.05, 0) is 74.4 Å². The molecule has 4 aromatic rings. The summed E-state index contributed by atoms with van der Waals surface area (Å²) in [6, 6.07) is 24.3. The molecule has 10 nitrogen and oxygen atoms in total. The van der Waals surface area contributed by atoms with Crippen LogP contribution in [0.3, 0.4) is 0 Å². The maximum Gasteiger partial charge on any atom is 0.408 e. The summed E-state index contributed by atoms with van der Waals surface area (Å²) >= 11 is 1.24. The zero-order chi connectivity index (χ0) is 33.4. The molecule has 2 heterocycles. The molecule has 0 spiro atoms. The number of alkyl carbamates (subject to hydrolysis) is 1. The number of anilines is 1. The molecule has 244 valence electrons. The van der Waals surface area contributed by atoms with Gasteiger partial charge in [0.1, 0.15) is 29.5 Å². The minimum Gasteiger partial charge on any atom is -0.467 e. The van der Waals surface area contributed by atoms with Gasteiger partial charge in [-0.15, -0.1) is 0 Å². The van der Waals surface area contributed by atoms with Gasteiger partial charge in [0.15, 0.2) is 5.17 Å². The largest absolute Gasteiger partial charge is 0.467 e. The van der Waals surface area contributed by atoms with Crippen LogP contribution < -0.4 is 10.6 Å². The smallest absolute Gasteiger partial charge is 0.408 e. The maximum absolute atomic E-state index is 13.9. The first-order valence-corrected chi connectivity index (χ1v) is 15.8. The number of thioether (sulfide) groups is 1. The SMILES string of the molecule is CC(C)(C)OC[C@H](NC(=O)OCc1ccccc1)C(=O)Nc1ccc(C2SC(=Nc3cccc(F)c3)N(Cc3ccco3)C2=O)cc1. The van der Waals surface area contributed by atoms with Gasteiger partial charge < -0.3 is 24.5 Å². The zero-order valence-electron chi connectivity index (χ0n) is 26.1. The lowest BCUT2D eigenvalue weighted by Gasteiger charge is -2.24. The average Bonchev–Trinajstić information content (AvgIpc) is 3.67. The van der Waals surface area contributed by atoms with Crippen LogP contribution in [0.4, 0.5) is 20.6 Å². The van der Waals surface area contributed by atoms with E-state index in [2.05, 4.69) is 15.6 Å². The molecule has 1 unspecified atom stereocenters. The van der Waals surface area contributed by atoms with Crippen LogP contribution in [0.5, 0.6) is 0 Å². The molecule has 1 aliphatic rings. The van der Waals surface area contributed by atoms with Crippen LogP contribution in [0.25, 0.3) is 0 Å². The number of carbonyl (C=O) groups excluding carboxylic acids is 3. The molecule has 0 bridgehead atoms. The second-order valence-electron chi connectivity index (χ2n) is 11.7. The van der Waals surface area contributed by atoms with Crippen LogP contribution in [0.15, 0.2) is 107 Å². The summed E-state index contributed by atoms with van der Waals surface area (Å²) in [7, 11) is 0. The Bertz CT molecular complexity index is 1710. The predicted molar refractivity (Wildman–Crippen MR) is 177 cm³/mol. The van der Waals surface area contributed by atoms with Crippen molar-refractivity contribution in [2.45, 2.75) is 50.8 Å². The fraction of sp³-hybridized carbons (Fsp3) is 0.257. The van der Waals surface area contributed by atoms with Crippen LogP contribution in [0.1, 0.15) is 42.9 Å². The van der Waals surface area contributed by atoms with Gasteiger partial charge in [0.2, 0.25) is 11.8 Å². The standard InChI is InChI=1S/C35H35FN4O6S/c1-35(2,3)46-22-29(39-34(43)45-21-23-9-5-4-6-10-23)31(41)37-26-16-14-24(15-17-26)30-32(42)40(20-28-13-8-18-44-28)33(47-30)38-27-12-7-11-25(36)19-27/h4-19,29-30H,20-22H2,1-3H3,(H,37,41)(H,39,43)/t29-,30?/m0/s1. The van der Waals surface area contributed by atoms with Gasteiger partial charge >= 0.3 is 6.09 Å². The van der Waals surface area contributed by atoms with Gasteiger partial charge in [-0.3, -0.25) is 14.5 Å². The van der Waals surface area contributed by atoms with E-state index in [1.807, 2.05) is 51.1 Å². The number of rotatable bonds is 11. The summed E-state index contributed by atoms with van der Waals surface area (Å²) in [5.41, 5.74) is 1.77. The molecule has 1 fully saturated rings. The molecule has 47 heavy (non-hydrogen) atoms. The fourth-order valence-electron chi connectivity index (χ4n) is 4.51. The van der Waals surface area contributed by atoms with E-state index < -0.39 is 34.7 Å². The van der Waals surface area contributed by atoms with Crippen molar-refractivity contribution in [1.29, 1.82) is 0 Å². The van der Waals surface area contributed by atoms with Gasteiger partial charge in [-0.2, -0.15) is 0 Å². The van der Waals surface area contributed by atoms with Crippen LogP contribution in [-0.4, -0.2) is 46.2 Å². The zero-order valence-corrected chi connectivity index (χ0v) is 27.0. The lowest BCUT2D eigenvalue weighted by atomic mass is 10.1. The van der Waals surface area contributed by atoms with E-state index in [1.54, 1.807) is 48.5 Å². The molecular weight excluding hydrogens is 623 g/mol. The maximum atomic E-state index is 13.9. The minimum atomic E-state index is -1.04. The van der Waals surface area contributed by atoms with Crippen LogP contribution >= 0.6 is 11.8 Å². The van der Waals surface area contributed by atoms with Crippen molar-refractivity contribution >= 4 is 46.2 Å². The van der Waals surface area contributed by atoms with Crippen molar-refractivity contribution in [3.63, 3.8) is 0 Å². The molecule has 3 aromatic carbocycles. The van der Waals surface area contributed by atoms with E-state index in [1.165, 1.54) is 35.1 Å². The third-order valence-corrected chi connectivity index (χ3v) is 8.09. The third kappa shape index (κ3) is 9.53. The fourth-order valence-corrected chi connectivity index (χ4v) is 5.68. The molecule has 0 radical (unpaired) electrons. The highest BCUT2D eigenvalue weighted by Gasteiger charge is 2.39. The van der Waals surface area contributed by atoms with Gasteiger partial charge in [-0.25, -0.2) is 14.2 Å². The molecular formula is C35H35FN4O6S.